The van der Waals surface area contributed by atoms with Crippen molar-refractivity contribution in [2.45, 2.75) is 34.2 Å². The summed E-state index contributed by atoms with van der Waals surface area (Å²) in [4.78, 5) is 35.5. The molecule has 0 fully saturated rings. The summed E-state index contributed by atoms with van der Waals surface area (Å²) in [7, 11) is 0. The normalized spacial score (nSPS) is 10.4. The molecular formula is C20H26N4O4. The summed E-state index contributed by atoms with van der Waals surface area (Å²) >= 11 is 0. The summed E-state index contributed by atoms with van der Waals surface area (Å²) in [6.45, 7) is 7.72. The van der Waals surface area contributed by atoms with Crippen molar-refractivity contribution in [3.05, 3.63) is 52.3 Å². The number of aryl methyl sites for hydroxylation is 2. The van der Waals surface area contributed by atoms with Gasteiger partial charge in [-0.15, -0.1) is 0 Å². The van der Waals surface area contributed by atoms with Crippen molar-refractivity contribution in [3.8, 4) is 0 Å². The maximum absolute atomic E-state index is 12.4. The maximum Gasteiger partial charge on any atom is 0.342 e. The Morgan fingerprint density at radius 1 is 1.04 bits per heavy atom. The second-order valence-corrected chi connectivity index (χ2v) is 6.50. The van der Waals surface area contributed by atoms with Crippen LogP contribution in [0.15, 0.2) is 24.3 Å². The number of ether oxygens (including phenoxy) is 1. The van der Waals surface area contributed by atoms with E-state index in [9.17, 15) is 14.4 Å². The highest BCUT2D eigenvalue weighted by atomic mass is 16.5. The molecule has 2 aromatic rings. The third-order valence-corrected chi connectivity index (χ3v) is 4.19. The lowest BCUT2D eigenvalue weighted by molar-refractivity contribution is -0.127. The van der Waals surface area contributed by atoms with Gasteiger partial charge in [0.05, 0.1) is 24.5 Å². The van der Waals surface area contributed by atoms with Crippen LogP contribution in [0.4, 0.5) is 0 Å². The number of rotatable bonds is 8. The molecule has 8 nitrogen and oxygen atoms in total. The van der Waals surface area contributed by atoms with Gasteiger partial charge in [-0.05, 0) is 33.3 Å². The fraction of sp³-hybridized carbons (Fsp3) is 0.400. The van der Waals surface area contributed by atoms with E-state index in [4.69, 9.17) is 4.74 Å². The average molecular weight is 386 g/mol. The molecule has 0 atom stereocenters. The van der Waals surface area contributed by atoms with E-state index in [1.807, 2.05) is 31.2 Å². The molecule has 0 radical (unpaired) electrons. The van der Waals surface area contributed by atoms with Crippen molar-refractivity contribution in [1.82, 2.24) is 20.4 Å². The lowest BCUT2D eigenvalue weighted by atomic mass is 10.1. The molecule has 0 saturated heterocycles. The van der Waals surface area contributed by atoms with Gasteiger partial charge in [0.1, 0.15) is 5.56 Å². The number of likely N-dealkylation sites (N-methyl/N-ethyl adjacent to an activating group) is 1. The maximum atomic E-state index is 12.4. The van der Waals surface area contributed by atoms with Gasteiger partial charge in [-0.2, -0.15) is 5.10 Å². The smallest absolute Gasteiger partial charge is 0.342 e. The van der Waals surface area contributed by atoms with Crippen molar-refractivity contribution in [3.63, 3.8) is 0 Å². The number of carbonyl (C=O) groups is 3. The van der Waals surface area contributed by atoms with Crippen LogP contribution in [-0.4, -0.2) is 47.3 Å². The summed E-state index contributed by atoms with van der Waals surface area (Å²) in [5.41, 5.74) is 3.81. The Kier molecular flexibility index (Phi) is 7.31. The highest BCUT2D eigenvalue weighted by molar-refractivity contribution is 5.93. The van der Waals surface area contributed by atoms with E-state index in [1.165, 1.54) is 5.56 Å². The summed E-state index contributed by atoms with van der Waals surface area (Å²) in [6, 6.07) is 8.08. The number of aromatic nitrogens is 2. The third kappa shape index (κ3) is 5.67. The first kappa shape index (κ1) is 21.1. The molecule has 0 spiro atoms. The third-order valence-electron chi connectivity index (χ3n) is 4.19. The number of nitrogens with zero attached hydrogens (tertiary/aromatic N) is 2. The van der Waals surface area contributed by atoms with Crippen LogP contribution < -0.4 is 10.6 Å². The number of benzene rings is 1. The standard InChI is InChI=1S/C20H26N4O4/c1-5-21-17(25)10-22-18(26)12-28-20(27)19-14(3)23-24(15(19)4)11-16-8-6-13(2)7-9-16/h6-9H,5,10-12H2,1-4H3,(H,21,25)(H,22,26). The van der Waals surface area contributed by atoms with Crippen LogP contribution in [0.3, 0.4) is 0 Å². The molecule has 150 valence electrons. The lowest BCUT2D eigenvalue weighted by Crippen LogP contribution is -2.38. The van der Waals surface area contributed by atoms with Gasteiger partial charge in [-0.1, -0.05) is 29.8 Å². The van der Waals surface area contributed by atoms with Gasteiger partial charge in [-0.3, -0.25) is 14.3 Å². The molecule has 0 aliphatic rings. The number of esters is 1. The summed E-state index contributed by atoms with van der Waals surface area (Å²) in [5.74, 6) is -1.45. The quantitative estimate of drug-likeness (QED) is 0.665. The Morgan fingerprint density at radius 2 is 1.71 bits per heavy atom. The average Bonchev–Trinajstić information content (AvgIpc) is 2.93. The lowest BCUT2D eigenvalue weighted by Gasteiger charge is -2.08. The molecule has 2 N–H and O–H groups in total. The van der Waals surface area contributed by atoms with E-state index in [0.717, 1.165) is 5.56 Å². The first-order valence-corrected chi connectivity index (χ1v) is 9.11. The van der Waals surface area contributed by atoms with Crippen molar-refractivity contribution >= 4 is 17.8 Å². The summed E-state index contributed by atoms with van der Waals surface area (Å²) < 4.78 is 6.83. The Balaban J connectivity index is 1.96. The minimum absolute atomic E-state index is 0.156. The van der Waals surface area contributed by atoms with Crippen molar-refractivity contribution < 1.29 is 19.1 Å². The van der Waals surface area contributed by atoms with Gasteiger partial charge in [0.15, 0.2) is 6.61 Å². The van der Waals surface area contributed by atoms with Gasteiger partial charge in [0.25, 0.3) is 5.91 Å². The molecule has 1 aromatic carbocycles. The molecular weight excluding hydrogens is 360 g/mol. The summed E-state index contributed by atoms with van der Waals surface area (Å²) in [6.07, 6.45) is 0. The van der Waals surface area contributed by atoms with Crippen LogP contribution >= 0.6 is 0 Å². The molecule has 0 saturated carbocycles. The van der Waals surface area contributed by atoms with Crippen LogP contribution in [0, 0.1) is 20.8 Å². The molecule has 28 heavy (non-hydrogen) atoms. The van der Waals surface area contributed by atoms with Crippen LogP contribution in [-0.2, 0) is 20.9 Å². The molecule has 8 heteroatoms. The number of carbonyl (C=O) groups excluding carboxylic acids is 3. The van der Waals surface area contributed by atoms with E-state index < -0.39 is 18.5 Å². The van der Waals surface area contributed by atoms with E-state index in [2.05, 4.69) is 15.7 Å². The SMILES string of the molecule is CCNC(=O)CNC(=O)COC(=O)c1c(C)nn(Cc2ccc(C)cc2)c1C. The molecule has 1 heterocycles. The van der Waals surface area contributed by atoms with Gasteiger partial charge in [0.2, 0.25) is 5.91 Å². The molecule has 2 rings (SSSR count). The Labute approximate surface area is 164 Å². The van der Waals surface area contributed by atoms with Gasteiger partial charge in [-0.25, -0.2) is 4.79 Å². The van der Waals surface area contributed by atoms with E-state index >= 15 is 0 Å². The van der Waals surface area contributed by atoms with Gasteiger partial charge >= 0.3 is 5.97 Å². The van der Waals surface area contributed by atoms with Crippen LogP contribution in [0.2, 0.25) is 0 Å². The molecule has 1 aromatic heterocycles. The Hall–Kier alpha value is -3.16. The van der Waals surface area contributed by atoms with Crippen LogP contribution in [0.5, 0.6) is 0 Å². The van der Waals surface area contributed by atoms with Crippen LogP contribution in [0.25, 0.3) is 0 Å². The minimum Gasteiger partial charge on any atom is -0.452 e. The number of hydrogen-bond acceptors (Lipinski definition) is 5. The summed E-state index contributed by atoms with van der Waals surface area (Å²) in [5, 5.41) is 9.37. The molecule has 0 aliphatic carbocycles. The second-order valence-electron chi connectivity index (χ2n) is 6.50. The number of amides is 2. The van der Waals surface area contributed by atoms with Crippen LogP contribution in [0.1, 0.15) is 39.8 Å². The fourth-order valence-electron chi connectivity index (χ4n) is 2.71. The first-order valence-electron chi connectivity index (χ1n) is 9.11. The first-order chi connectivity index (χ1) is 13.3. The Bertz CT molecular complexity index is 856. The topological polar surface area (TPSA) is 102 Å². The van der Waals surface area contributed by atoms with Crippen molar-refractivity contribution in [2.75, 3.05) is 19.7 Å². The predicted octanol–water partition coefficient (Wildman–Crippen LogP) is 1.27. The van der Waals surface area contributed by atoms with E-state index in [-0.39, 0.29) is 12.5 Å². The second kappa shape index (κ2) is 9.68. The Morgan fingerprint density at radius 3 is 2.36 bits per heavy atom. The predicted molar refractivity (Wildman–Crippen MR) is 104 cm³/mol. The zero-order chi connectivity index (χ0) is 20.7. The van der Waals surface area contributed by atoms with Gasteiger partial charge in [0, 0.05) is 6.54 Å². The minimum atomic E-state index is -0.613. The zero-order valence-electron chi connectivity index (χ0n) is 16.7. The number of nitrogens with one attached hydrogen (secondary N) is 2. The van der Waals surface area contributed by atoms with E-state index in [0.29, 0.717) is 30.0 Å². The monoisotopic (exact) mass is 386 g/mol. The van der Waals surface area contributed by atoms with Gasteiger partial charge < -0.3 is 15.4 Å². The highest BCUT2D eigenvalue weighted by Crippen LogP contribution is 2.16. The molecule has 2 amide bonds. The fourth-order valence-corrected chi connectivity index (χ4v) is 2.71. The number of hydrogen-bond donors (Lipinski definition) is 2. The van der Waals surface area contributed by atoms with E-state index in [1.54, 1.807) is 25.5 Å². The molecule has 0 bridgehead atoms. The van der Waals surface area contributed by atoms with Crippen molar-refractivity contribution in [2.24, 2.45) is 0 Å². The highest BCUT2D eigenvalue weighted by Gasteiger charge is 2.21. The molecule has 0 aliphatic heterocycles. The largest absolute Gasteiger partial charge is 0.452 e. The molecule has 0 unspecified atom stereocenters. The van der Waals surface area contributed by atoms with Crippen molar-refractivity contribution in [1.29, 1.82) is 0 Å². The zero-order valence-corrected chi connectivity index (χ0v) is 16.7.